The molecule has 0 amide bonds. The van der Waals surface area contributed by atoms with Crippen molar-refractivity contribution in [3.63, 3.8) is 0 Å². The predicted molar refractivity (Wildman–Crippen MR) is 86.5 cm³/mol. The fraction of sp³-hybridized carbons (Fsp3) is 0.533. The summed E-state index contributed by atoms with van der Waals surface area (Å²) in [6.07, 6.45) is 0.996. The fourth-order valence-corrected chi connectivity index (χ4v) is 3.31. The molecule has 5 heteroatoms. The first-order valence-electron chi connectivity index (χ1n) is 7.28. The number of halogens is 1. The van der Waals surface area contributed by atoms with Crippen molar-refractivity contribution in [2.45, 2.75) is 20.3 Å². The van der Waals surface area contributed by atoms with E-state index < -0.39 is 0 Å². The molecule has 0 bridgehead atoms. The lowest BCUT2D eigenvalue weighted by atomic mass is 10.1. The second-order valence-electron chi connectivity index (χ2n) is 5.76. The summed E-state index contributed by atoms with van der Waals surface area (Å²) in [5.41, 5.74) is 1.16. The average Bonchev–Trinajstić information content (AvgIpc) is 2.76. The van der Waals surface area contributed by atoms with Gasteiger partial charge >= 0.3 is 0 Å². The van der Waals surface area contributed by atoms with E-state index in [0.29, 0.717) is 5.92 Å². The van der Waals surface area contributed by atoms with Gasteiger partial charge in [0.1, 0.15) is 16.2 Å². The zero-order valence-electron chi connectivity index (χ0n) is 12.1. The van der Waals surface area contributed by atoms with E-state index in [1.807, 2.05) is 0 Å². The number of anilines is 1. The summed E-state index contributed by atoms with van der Waals surface area (Å²) < 4.78 is 3.26. The molecule has 1 aliphatic rings. The molecule has 1 fully saturated rings. The molecule has 108 valence electrons. The van der Waals surface area contributed by atoms with Crippen LogP contribution in [0, 0.1) is 5.92 Å². The fourth-order valence-electron chi connectivity index (χ4n) is 2.79. The molecule has 0 unspecified atom stereocenters. The number of aromatic nitrogens is 2. The molecular formula is C15H21BrN4. The van der Waals surface area contributed by atoms with Gasteiger partial charge < -0.3 is 10.2 Å². The topological polar surface area (TPSA) is 32.6 Å². The highest BCUT2D eigenvalue weighted by Gasteiger charge is 2.18. The maximum atomic E-state index is 4.72. The number of fused-ring (bicyclic) bond motifs is 1. The van der Waals surface area contributed by atoms with Gasteiger partial charge in [0.25, 0.3) is 0 Å². The Labute approximate surface area is 128 Å². The van der Waals surface area contributed by atoms with Crippen molar-refractivity contribution in [2.75, 3.05) is 31.1 Å². The quantitative estimate of drug-likeness (QED) is 0.935. The molecule has 1 aliphatic heterocycles. The molecule has 0 spiro atoms. The molecule has 0 aromatic carbocycles. The highest BCUT2D eigenvalue weighted by Crippen LogP contribution is 2.26. The van der Waals surface area contributed by atoms with E-state index in [-0.39, 0.29) is 0 Å². The Morgan fingerprint density at radius 1 is 1.30 bits per heavy atom. The van der Waals surface area contributed by atoms with Crippen molar-refractivity contribution in [1.29, 1.82) is 0 Å². The lowest BCUT2D eigenvalue weighted by Gasteiger charge is -2.30. The maximum absolute atomic E-state index is 4.72. The number of hydrogen-bond donors (Lipinski definition) is 1. The monoisotopic (exact) mass is 336 g/mol. The molecule has 3 rings (SSSR count). The summed E-state index contributed by atoms with van der Waals surface area (Å²) in [5, 5.41) is 3.41. The lowest BCUT2D eigenvalue weighted by Crippen LogP contribution is -2.44. The minimum absolute atomic E-state index is 0.601. The Balaban J connectivity index is 2.10. The second-order valence-corrected chi connectivity index (χ2v) is 6.51. The highest BCUT2D eigenvalue weighted by atomic mass is 79.9. The molecule has 1 N–H and O–H groups in total. The number of nitrogens with zero attached hydrogens (tertiary/aromatic N) is 3. The molecule has 2 aromatic heterocycles. The van der Waals surface area contributed by atoms with Crippen LogP contribution in [0.25, 0.3) is 5.52 Å². The van der Waals surface area contributed by atoms with Gasteiger partial charge in [-0.25, -0.2) is 4.98 Å². The van der Waals surface area contributed by atoms with Crippen LogP contribution >= 0.6 is 15.9 Å². The first-order valence-corrected chi connectivity index (χ1v) is 8.07. The van der Waals surface area contributed by atoms with Gasteiger partial charge in [0.05, 0.1) is 5.52 Å². The van der Waals surface area contributed by atoms with Crippen LogP contribution in [0.3, 0.4) is 0 Å². The van der Waals surface area contributed by atoms with Crippen molar-refractivity contribution >= 4 is 27.3 Å². The minimum atomic E-state index is 0.601. The van der Waals surface area contributed by atoms with Crippen molar-refractivity contribution < 1.29 is 0 Å². The standard InChI is InChI=1S/C15H21BrN4/c1-11(2)10-13-18-15(16)12-4-3-5-14(20(12)13)19-8-6-17-7-9-19/h3-5,11,17H,6-10H2,1-2H3. The molecule has 2 aromatic rings. The van der Waals surface area contributed by atoms with E-state index in [2.05, 4.69) is 62.6 Å². The summed E-state index contributed by atoms with van der Waals surface area (Å²) >= 11 is 3.60. The van der Waals surface area contributed by atoms with Gasteiger partial charge in [0, 0.05) is 32.6 Å². The third-order valence-electron chi connectivity index (χ3n) is 3.70. The number of pyridine rings is 1. The van der Waals surface area contributed by atoms with E-state index in [4.69, 9.17) is 4.98 Å². The van der Waals surface area contributed by atoms with Gasteiger partial charge in [-0.15, -0.1) is 0 Å². The van der Waals surface area contributed by atoms with Crippen LogP contribution in [0.2, 0.25) is 0 Å². The van der Waals surface area contributed by atoms with Crippen LogP contribution in [0.1, 0.15) is 19.7 Å². The molecule has 1 saturated heterocycles. The predicted octanol–water partition coefficient (Wildman–Crippen LogP) is 2.70. The first kappa shape index (κ1) is 13.9. The van der Waals surface area contributed by atoms with Crippen molar-refractivity contribution in [3.05, 3.63) is 28.6 Å². The molecule has 4 nitrogen and oxygen atoms in total. The summed E-state index contributed by atoms with van der Waals surface area (Å²) in [6, 6.07) is 6.46. The summed E-state index contributed by atoms with van der Waals surface area (Å²) in [4.78, 5) is 7.17. The Morgan fingerprint density at radius 2 is 2.05 bits per heavy atom. The zero-order chi connectivity index (χ0) is 14.1. The summed E-state index contributed by atoms with van der Waals surface area (Å²) in [6.45, 7) is 8.68. The molecule has 0 atom stereocenters. The Kier molecular flexibility index (Phi) is 3.98. The smallest absolute Gasteiger partial charge is 0.132 e. The molecular weight excluding hydrogens is 316 g/mol. The third-order valence-corrected chi connectivity index (χ3v) is 4.28. The van der Waals surface area contributed by atoms with Gasteiger partial charge in [0.15, 0.2) is 0 Å². The van der Waals surface area contributed by atoms with Crippen LogP contribution in [-0.2, 0) is 6.42 Å². The van der Waals surface area contributed by atoms with Crippen LogP contribution < -0.4 is 10.2 Å². The number of hydrogen-bond acceptors (Lipinski definition) is 3. The van der Waals surface area contributed by atoms with Gasteiger partial charge in [-0.2, -0.15) is 0 Å². The summed E-state index contributed by atoms with van der Waals surface area (Å²) in [5.74, 6) is 3.01. The Morgan fingerprint density at radius 3 is 2.75 bits per heavy atom. The van der Waals surface area contributed by atoms with Gasteiger partial charge in [-0.1, -0.05) is 19.9 Å². The first-order chi connectivity index (χ1) is 9.66. The van der Waals surface area contributed by atoms with E-state index >= 15 is 0 Å². The molecule has 0 saturated carbocycles. The van der Waals surface area contributed by atoms with Crippen molar-refractivity contribution in [2.24, 2.45) is 5.92 Å². The number of imidazole rings is 1. The summed E-state index contributed by atoms with van der Waals surface area (Å²) in [7, 11) is 0. The maximum Gasteiger partial charge on any atom is 0.132 e. The van der Waals surface area contributed by atoms with Gasteiger partial charge in [-0.3, -0.25) is 4.40 Å². The second kappa shape index (κ2) is 5.74. The van der Waals surface area contributed by atoms with E-state index in [1.165, 1.54) is 5.82 Å². The van der Waals surface area contributed by atoms with Crippen LogP contribution in [0.15, 0.2) is 22.8 Å². The molecule has 0 aliphatic carbocycles. The molecule has 0 radical (unpaired) electrons. The number of nitrogens with one attached hydrogen (secondary N) is 1. The number of rotatable bonds is 3. The van der Waals surface area contributed by atoms with Gasteiger partial charge in [-0.05, 0) is 34.0 Å². The van der Waals surface area contributed by atoms with Crippen LogP contribution in [-0.4, -0.2) is 35.6 Å². The Bertz CT molecular complexity index is 599. The molecule has 3 heterocycles. The highest BCUT2D eigenvalue weighted by molar-refractivity contribution is 9.10. The SMILES string of the molecule is CC(C)Cc1nc(Br)c2cccc(N3CCNCC3)n12. The van der Waals surface area contributed by atoms with E-state index in [0.717, 1.165) is 48.5 Å². The van der Waals surface area contributed by atoms with Gasteiger partial charge in [0.2, 0.25) is 0 Å². The minimum Gasteiger partial charge on any atom is -0.355 e. The van der Waals surface area contributed by atoms with Crippen LogP contribution in [0.5, 0.6) is 0 Å². The lowest BCUT2D eigenvalue weighted by molar-refractivity contribution is 0.577. The zero-order valence-corrected chi connectivity index (χ0v) is 13.7. The van der Waals surface area contributed by atoms with Crippen molar-refractivity contribution in [3.8, 4) is 0 Å². The van der Waals surface area contributed by atoms with E-state index in [9.17, 15) is 0 Å². The third kappa shape index (κ3) is 2.56. The van der Waals surface area contributed by atoms with Crippen LogP contribution in [0.4, 0.5) is 5.82 Å². The largest absolute Gasteiger partial charge is 0.355 e. The number of piperazine rings is 1. The Hall–Kier alpha value is -1.07. The normalized spacial score (nSPS) is 16.3. The average molecular weight is 337 g/mol. The van der Waals surface area contributed by atoms with E-state index in [1.54, 1.807) is 0 Å². The molecule has 20 heavy (non-hydrogen) atoms. The van der Waals surface area contributed by atoms with Crippen molar-refractivity contribution in [1.82, 2.24) is 14.7 Å².